The second-order valence-corrected chi connectivity index (χ2v) is 7.58. The number of benzene rings is 1. The van der Waals surface area contributed by atoms with Gasteiger partial charge < -0.3 is 10.4 Å². The van der Waals surface area contributed by atoms with Crippen LogP contribution in [0.2, 0.25) is 10.0 Å². The minimum atomic E-state index is -1.19. The van der Waals surface area contributed by atoms with E-state index >= 15 is 0 Å². The lowest BCUT2D eigenvalue weighted by Gasteiger charge is -2.28. The Hall–Kier alpha value is -0.130. The highest BCUT2D eigenvalue weighted by molar-refractivity contribution is 7.85. The van der Waals surface area contributed by atoms with Crippen LogP contribution in [0.4, 0.5) is 0 Å². The molecule has 20 heavy (non-hydrogen) atoms. The molecule has 1 aliphatic rings. The van der Waals surface area contributed by atoms with E-state index in [0.717, 1.165) is 25.7 Å². The van der Waals surface area contributed by atoms with Crippen LogP contribution >= 0.6 is 23.2 Å². The highest BCUT2D eigenvalue weighted by Crippen LogP contribution is 2.29. The lowest BCUT2D eigenvalue weighted by Crippen LogP contribution is -2.47. The van der Waals surface area contributed by atoms with Gasteiger partial charge in [-0.1, -0.05) is 36.0 Å². The van der Waals surface area contributed by atoms with Crippen molar-refractivity contribution in [3.8, 4) is 0 Å². The van der Waals surface area contributed by atoms with Crippen LogP contribution in [0, 0.1) is 0 Å². The van der Waals surface area contributed by atoms with E-state index in [1.54, 1.807) is 18.2 Å². The van der Waals surface area contributed by atoms with Gasteiger partial charge in [0.25, 0.3) is 0 Å². The molecule has 1 fully saturated rings. The highest BCUT2D eigenvalue weighted by atomic mass is 35.5. The Kier molecular flexibility index (Phi) is 5.87. The molecule has 1 atom stereocenters. The van der Waals surface area contributed by atoms with Crippen LogP contribution in [0.3, 0.4) is 0 Å². The predicted molar refractivity (Wildman–Crippen MR) is 84.0 cm³/mol. The van der Waals surface area contributed by atoms with Crippen LogP contribution in [-0.2, 0) is 10.8 Å². The Morgan fingerprint density at radius 2 is 2.00 bits per heavy atom. The molecule has 0 amide bonds. The second kappa shape index (κ2) is 7.23. The molecule has 2 rings (SSSR count). The van der Waals surface area contributed by atoms with Gasteiger partial charge in [0.05, 0.1) is 27.3 Å². The molecule has 3 nitrogen and oxygen atoms in total. The maximum Gasteiger partial charge on any atom is 0.0613 e. The van der Waals surface area contributed by atoms with Crippen molar-refractivity contribution >= 4 is 34.0 Å². The summed E-state index contributed by atoms with van der Waals surface area (Å²) in [7, 11) is -1.19. The summed E-state index contributed by atoms with van der Waals surface area (Å²) in [5.74, 6) is 0.460. The van der Waals surface area contributed by atoms with Gasteiger partial charge in [-0.25, -0.2) is 0 Å². The molecule has 1 aliphatic carbocycles. The van der Waals surface area contributed by atoms with Crippen molar-refractivity contribution in [2.45, 2.75) is 36.1 Å². The summed E-state index contributed by atoms with van der Waals surface area (Å²) in [5.41, 5.74) is -0.178. The van der Waals surface area contributed by atoms with Gasteiger partial charge in [0.1, 0.15) is 0 Å². The number of hydrogen-bond acceptors (Lipinski definition) is 3. The van der Waals surface area contributed by atoms with E-state index in [-0.39, 0.29) is 12.1 Å². The molecule has 1 aromatic carbocycles. The average Bonchev–Trinajstić information content (AvgIpc) is 2.91. The van der Waals surface area contributed by atoms with E-state index in [2.05, 4.69) is 5.32 Å². The van der Waals surface area contributed by atoms with Gasteiger partial charge in [-0.05, 0) is 31.0 Å². The first-order valence-electron chi connectivity index (χ1n) is 6.76. The van der Waals surface area contributed by atoms with Crippen molar-refractivity contribution < 1.29 is 9.32 Å². The van der Waals surface area contributed by atoms with E-state index in [4.69, 9.17) is 23.2 Å². The van der Waals surface area contributed by atoms with Crippen LogP contribution < -0.4 is 5.32 Å². The summed E-state index contributed by atoms with van der Waals surface area (Å²) in [5, 5.41) is 13.9. The lowest BCUT2D eigenvalue weighted by atomic mass is 9.99. The largest absolute Gasteiger partial charge is 0.394 e. The van der Waals surface area contributed by atoms with E-state index in [1.165, 1.54) is 0 Å². The maximum atomic E-state index is 12.2. The Bertz CT molecular complexity index is 490. The number of rotatable bonds is 6. The molecular weight excluding hydrogens is 317 g/mol. The van der Waals surface area contributed by atoms with Gasteiger partial charge >= 0.3 is 0 Å². The third kappa shape index (κ3) is 3.95. The fraction of sp³-hybridized carbons (Fsp3) is 0.571. The normalized spacial score (nSPS) is 19.1. The third-order valence-corrected chi connectivity index (χ3v) is 5.87. The minimum absolute atomic E-state index is 0.136. The van der Waals surface area contributed by atoms with Crippen LogP contribution in [0.1, 0.15) is 25.7 Å². The topological polar surface area (TPSA) is 49.3 Å². The molecular formula is C14H19Cl2NO2S. The number of aliphatic hydroxyl groups excluding tert-OH is 1. The number of aliphatic hydroxyl groups is 1. The average molecular weight is 336 g/mol. The third-order valence-electron chi connectivity index (χ3n) is 3.79. The first-order valence-corrected chi connectivity index (χ1v) is 8.83. The van der Waals surface area contributed by atoms with E-state index in [1.807, 2.05) is 0 Å². The standard InChI is InChI=1S/C14H19Cl2NO2S/c15-11-3-4-12(16)13(9-11)20(19)8-7-17-14(10-18)5-1-2-6-14/h3-4,9,17-18H,1-2,5-8,10H2. The predicted octanol–water partition coefficient (Wildman–Crippen LogP) is 3.00. The fourth-order valence-corrected chi connectivity index (χ4v) is 4.28. The van der Waals surface area contributed by atoms with Gasteiger partial charge in [-0.15, -0.1) is 0 Å². The number of nitrogens with one attached hydrogen (secondary N) is 1. The van der Waals surface area contributed by atoms with Gasteiger partial charge in [0, 0.05) is 22.9 Å². The Balaban J connectivity index is 1.90. The number of halogens is 2. The molecule has 1 saturated carbocycles. The van der Waals surface area contributed by atoms with Crippen LogP contribution in [0.5, 0.6) is 0 Å². The SMILES string of the molecule is O=S(CCNC1(CO)CCCC1)c1cc(Cl)ccc1Cl. The Morgan fingerprint density at radius 3 is 2.65 bits per heavy atom. The molecule has 0 saturated heterocycles. The second-order valence-electron chi connectivity index (χ2n) is 5.20. The first-order chi connectivity index (χ1) is 9.56. The maximum absolute atomic E-state index is 12.2. The lowest BCUT2D eigenvalue weighted by molar-refractivity contribution is 0.167. The quantitative estimate of drug-likeness (QED) is 0.840. The van der Waals surface area contributed by atoms with Gasteiger partial charge in [0.15, 0.2) is 0 Å². The molecule has 0 heterocycles. The van der Waals surface area contributed by atoms with E-state index < -0.39 is 10.8 Å². The molecule has 0 radical (unpaired) electrons. The molecule has 0 spiro atoms. The summed E-state index contributed by atoms with van der Waals surface area (Å²) in [4.78, 5) is 0.574. The molecule has 0 aliphatic heterocycles. The molecule has 1 unspecified atom stereocenters. The van der Waals surface area contributed by atoms with Crippen LogP contribution in [0.15, 0.2) is 23.1 Å². The number of hydrogen-bond donors (Lipinski definition) is 2. The van der Waals surface area contributed by atoms with Crippen molar-refractivity contribution in [1.82, 2.24) is 5.32 Å². The highest BCUT2D eigenvalue weighted by Gasteiger charge is 2.32. The Morgan fingerprint density at radius 1 is 1.30 bits per heavy atom. The zero-order chi connectivity index (χ0) is 14.6. The van der Waals surface area contributed by atoms with Crippen molar-refractivity contribution in [3.63, 3.8) is 0 Å². The molecule has 112 valence electrons. The Labute approximate surface area is 132 Å². The van der Waals surface area contributed by atoms with Gasteiger partial charge in [-0.3, -0.25) is 4.21 Å². The summed E-state index contributed by atoms with van der Waals surface area (Å²) in [6.07, 6.45) is 4.23. The van der Waals surface area contributed by atoms with E-state index in [9.17, 15) is 9.32 Å². The van der Waals surface area contributed by atoms with E-state index in [0.29, 0.717) is 27.2 Å². The van der Waals surface area contributed by atoms with Crippen molar-refractivity contribution in [3.05, 3.63) is 28.2 Å². The minimum Gasteiger partial charge on any atom is -0.394 e. The smallest absolute Gasteiger partial charge is 0.0613 e. The molecule has 1 aromatic rings. The molecule has 2 N–H and O–H groups in total. The van der Waals surface area contributed by atoms with Crippen molar-refractivity contribution in [2.75, 3.05) is 18.9 Å². The van der Waals surface area contributed by atoms with Crippen molar-refractivity contribution in [2.24, 2.45) is 0 Å². The van der Waals surface area contributed by atoms with Crippen LogP contribution in [0.25, 0.3) is 0 Å². The van der Waals surface area contributed by atoms with Crippen molar-refractivity contribution in [1.29, 1.82) is 0 Å². The monoisotopic (exact) mass is 335 g/mol. The summed E-state index contributed by atoms with van der Waals surface area (Å²) < 4.78 is 12.2. The zero-order valence-electron chi connectivity index (χ0n) is 11.2. The van der Waals surface area contributed by atoms with Gasteiger partial charge in [0.2, 0.25) is 0 Å². The molecule has 6 heteroatoms. The zero-order valence-corrected chi connectivity index (χ0v) is 13.5. The molecule has 0 bridgehead atoms. The first kappa shape index (κ1) is 16.2. The summed E-state index contributed by atoms with van der Waals surface area (Å²) in [6, 6.07) is 5.00. The summed E-state index contributed by atoms with van der Waals surface area (Å²) in [6.45, 7) is 0.730. The molecule has 0 aromatic heterocycles. The fourth-order valence-electron chi connectivity index (χ4n) is 2.61. The summed E-state index contributed by atoms with van der Waals surface area (Å²) >= 11 is 11.9. The van der Waals surface area contributed by atoms with Crippen LogP contribution in [-0.4, -0.2) is 33.8 Å². The van der Waals surface area contributed by atoms with Gasteiger partial charge in [-0.2, -0.15) is 0 Å².